The van der Waals surface area contributed by atoms with Gasteiger partial charge in [-0.3, -0.25) is 0 Å². The van der Waals surface area contributed by atoms with Gasteiger partial charge in [0.25, 0.3) is 0 Å². The Kier molecular flexibility index (Phi) is 5.24. The van der Waals surface area contributed by atoms with Crippen LogP contribution in [0.1, 0.15) is 31.7 Å². The molecule has 1 aromatic carbocycles. The van der Waals surface area contributed by atoms with Crippen LogP contribution in [0.3, 0.4) is 0 Å². The van der Waals surface area contributed by atoms with Crippen molar-refractivity contribution in [2.45, 2.75) is 32.2 Å². The minimum atomic E-state index is 0.481. The highest BCUT2D eigenvalue weighted by molar-refractivity contribution is 9.10. The molecule has 0 aliphatic carbocycles. The largest absolute Gasteiger partial charge is 0.381 e. The number of nitrogens with one attached hydrogen (secondary N) is 1. The van der Waals surface area contributed by atoms with Crippen LogP contribution in [0.4, 0.5) is 5.69 Å². The number of anilines is 1. The Hall–Kier alpha value is -1.05. The third-order valence-corrected chi connectivity index (χ3v) is 4.08. The molecule has 0 radical (unpaired) electrons. The standard InChI is InChI=1S/C15H20BrN3/c1-2-7-19-8-5-14(6-9-19)18-15-10-13(16)4-3-12(15)11-17/h3-4,10,14,18H,2,5-9H2,1H3. The second-order valence-electron chi connectivity index (χ2n) is 5.06. The van der Waals surface area contributed by atoms with E-state index in [1.54, 1.807) is 0 Å². The molecule has 0 saturated carbocycles. The molecule has 0 unspecified atom stereocenters. The zero-order chi connectivity index (χ0) is 13.7. The van der Waals surface area contributed by atoms with Gasteiger partial charge in [-0.05, 0) is 44.0 Å². The maximum Gasteiger partial charge on any atom is 0.101 e. The van der Waals surface area contributed by atoms with Crippen LogP contribution in [0.15, 0.2) is 22.7 Å². The molecule has 2 rings (SSSR count). The Balaban J connectivity index is 1.96. The summed E-state index contributed by atoms with van der Waals surface area (Å²) in [6, 6.07) is 8.50. The average molecular weight is 322 g/mol. The first-order valence-electron chi connectivity index (χ1n) is 6.91. The van der Waals surface area contributed by atoms with Gasteiger partial charge in [-0.1, -0.05) is 22.9 Å². The van der Waals surface area contributed by atoms with Crippen LogP contribution in [-0.4, -0.2) is 30.6 Å². The predicted octanol–water partition coefficient (Wildman–Crippen LogP) is 3.61. The number of piperidine rings is 1. The summed E-state index contributed by atoms with van der Waals surface area (Å²) in [6.07, 6.45) is 3.52. The van der Waals surface area contributed by atoms with E-state index in [2.05, 4.69) is 39.1 Å². The minimum Gasteiger partial charge on any atom is -0.381 e. The summed E-state index contributed by atoms with van der Waals surface area (Å²) in [6.45, 7) is 5.74. The number of nitriles is 1. The van der Waals surface area contributed by atoms with Crippen molar-refractivity contribution in [2.75, 3.05) is 25.0 Å². The zero-order valence-electron chi connectivity index (χ0n) is 11.3. The Bertz CT molecular complexity index is 459. The van der Waals surface area contributed by atoms with Crippen molar-refractivity contribution in [1.29, 1.82) is 5.26 Å². The molecule has 1 heterocycles. The van der Waals surface area contributed by atoms with Gasteiger partial charge in [0.1, 0.15) is 6.07 Å². The normalized spacial score (nSPS) is 17.1. The molecule has 1 N–H and O–H groups in total. The number of benzene rings is 1. The molecule has 3 nitrogen and oxygen atoms in total. The summed E-state index contributed by atoms with van der Waals surface area (Å²) >= 11 is 3.46. The van der Waals surface area contributed by atoms with Crippen molar-refractivity contribution in [2.24, 2.45) is 0 Å². The van der Waals surface area contributed by atoms with Crippen molar-refractivity contribution >= 4 is 21.6 Å². The number of hydrogen-bond donors (Lipinski definition) is 1. The van der Waals surface area contributed by atoms with Crippen LogP contribution < -0.4 is 5.32 Å². The molecule has 19 heavy (non-hydrogen) atoms. The SMILES string of the molecule is CCCN1CCC(Nc2cc(Br)ccc2C#N)CC1. The van der Waals surface area contributed by atoms with Gasteiger partial charge in [0.15, 0.2) is 0 Å². The van der Waals surface area contributed by atoms with Gasteiger partial charge in [0, 0.05) is 23.6 Å². The lowest BCUT2D eigenvalue weighted by Gasteiger charge is -2.32. The van der Waals surface area contributed by atoms with Crippen LogP contribution in [0.25, 0.3) is 0 Å². The van der Waals surface area contributed by atoms with E-state index in [9.17, 15) is 0 Å². The van der Waals surface area contributed by atoms with Crippen LogP contribution in [0.2, 0.25) is 0 Å². The number of rotatable bonds is 4. The topological polar surface area (TPSA) is 39.1 Å². The van der Waals surface area contributed by atoms with Crippen LogP contribution in [-0.2, 0) is 0 Å². The van der Waals surface area contributed by atoms with Crippen molar-refractivity contribution in [3.05, 3.63) is 28.2 Å². The van der Waals surface area contributed by atoms with E-state index in [-0.39, 0.29) is 0 Å². The molecule has 1 fully saturated rings. The van der Waals surface area contributed by atoms with Gasteiger partial charge in [0.2, 0.25) is 0 Å². The summed E-state index contributed by atoms with van der Waals surface area (Å²) in [5, 5.41) is 12.7. The molecule has 0 aromatic heterocycles. The quantitative estimate of drug-likeness (QED) is 0.920. The number of likely N-dealkylation sites (tertiary alicyclic amines) is 1. The second kappa shape index (κ2) is 6.93. The maximum atomic E-state index is 9.14. The Morgan fingerprint density at radius 3 is 2.79 bits per heavy atom. The van der Waals surface area contributed by atoms with E-state index < -0.39 is 0 Å². The maximum absolute atomic E-state index is 9.14. The van der Waals surface area contributed by atoms with Gasteiger partial charge in [-0.25, -0.2) is 0 Å². The fourth-order valence-corrected chi connectivity index (χ4v) is 2.93. The van der Waals surface area contributed by atoms with E-state index in [0.717, 1.165) is 41.7 Å². The van der Waals surface area contributed by atoms with Gasteiger partial charge in [-0.15, -0.1) is 0 Å². The van der Waals surface area contributed by atoms with Gasteiger partial charge >= 0.3 is 0 Å². The first-order chi connectivity index (χ1) is 9.22. The van der Waals surface area contributed by atoms with Crippen LogP contribution >= 0.6 is 15.9 Å². The number of hydrogen-bond acceptors (Lipinski definition) is 3. The first kappa shape index (κ1) is 14.4. The van der Waals surface area contributed by atoms with Crippen molar-refractivity contribution in [3.63, 3.8) is 0 Å². The first-order valence-corrected chi connectivity index (χ1v) is 7.70. The molecule has 0 bridgehead atoms. The van der Waals surface area contributed by atoms with Gasteiger partial charge in [-0.2, -0.15) is 5.26 Å². The highest BCUT2D eigenvalue weighted by atomic mass is 79.9. The summed E-state index contributed by atoms with van der Waals surface area (Å²) in [7, 11) is 0. The van der Waals surface area contributed by atoms with E-state index in [0.29, 0.717) is 6.04 Å². The molecule has 1 saturated heterocycles. The number of halogens is 1. The summed E-state index contributed by atoms with van der Waals surface area (Å²) in [5.74, 6) is 0. The molecule has 0 spiro atoms. The summed E-state index contributed by atoms with van der Waals surface area (Å²) in [4.78, 5) is 2.52. The highest BCUT2D eigenvalue weighted by Gasteiger charge is 2.19. The molecule has 0 amide bonds. The average Bonchev–Trinajstić information content (AvgIpc) is 2.42. The van der Waals surface area contributed by atoms with Crippen LogP contribution in [0.5, 0.6) is 0 Å². The highest BCUT2D eigenvalue weighted by Crippen LogP contribution is 2.24. The summed E-state index contributed by atoms with van der Waals surface area (Å²) in [5.41, 5.74) is 1.67. The van der Waals surface area contributed by atoms with Gasteiger partial charge < -0.3 is 10.2 Å². The molecular formula is C15H20BrN3. The van der Waals surface area contributed by atoms with E-state index in [1.165, 1.54) is 13.0 Å². The zero-order valence-corrected chi connectivity index (χ0v) is 12.9. The minimum absolute atomic E-state index is 0.481. The number of nitrogens with zero attached hydrogens (tertiary/aromatic N) is 2. The van der Waals surface area contributed by atoms with E-state index >= 15 is 0 Å². The molecule has 102 valence electrons. The van der Waals surface area contributed by atoms with E-state index in [1.807, 2.05) is 18.2 Å². The fraction of sp³-hybridized carbons (Fsp3) is 0.533. The lowest BCUT2D eigenvalue weighted by atomic mass is 10.0. The van der Waals surface area contributed by atoms with Crippen molar-refractivity contribution in [1.82, 2.24) is 4.90 Å². The van der Waals surface area contributed by atoms with E-state index in [4.69, 9.17) is 5.26 Å². The molecule has 4 heteroatoms. The Morgan fingerprint density at radius 2 is 2.16 bits per heavy atom. The second-order valence-corrected chi connectivity index (χ2v) is 5.98. The Morgan fingerprint density at radius 1 is 1.42 bits per heavy atom. The smallest absolute Gasteiger partial charge is 0.101 e. The molecular weight excluding hydrogens is 302 g/mol. The third kappa shape index (κ3) is 3.95. The molecule has 1 aliphatic rings. The third-order valence-electron chi connectivity index (χ3n) is 3.59. The van der Waals surface area contributed by atoms with Crippen LogP contribution in [0, 0.1) is 11.3 Å². The summed E-state index contributed by atoms with van der Waals surface area (Å²) < 4.78 is 1.01. The monoisotopic (exact) mass is 321 g/mol. The van der Waals surface area contributed by atoms with Crippen molar-refractivity contribution < 1.29 is 0 Å². The fourth-order valence-electron chi connectivity index (χ4n) is 2.57. The lowest BCUT2D eigenvalue weighted by Crippen LogP contribution is -2.39. The molecule has 1 aliphatic heterocycles. The van der Waals surface area contributed by atoms with Crippen molar-refractivity contribution in [3.8, 4) is 6.07 Å². The Labute approximate surface area is 123 Å². The lowest BCUT2D eigenvalue weighted by molar-refractivity contribution is 0.219. The van der Waals surface area contributed by atoms with Gasteiger partial charge in [0.05, 0.1) is 11.3 Å². The molecule has 0 atom stereocenters. The predicted molar refractivity (Wildman–Crippen MR) is 82.2 cm³/mol. The molecule has 1 aromatic rings.